The summed E-state index contributed by atoms with van der Waals surface area (Å²) in [6.07, 6.45) is -2.39. The van der Waals surface area contributed by atoms with Gasteiger partial charge in [-0.05, 0) is 35.7 Å². The van der Waals surface area contributed by atoms with Crippen LogP contribution in [0.4, 0.5) is 13.2 Å². The van der Waals surface area contributed by atoms with Gasteiger partial charge >= 0.3 is 6.18 Å². The predicted octanol–water partition coefficient (Wildman–Crippen LogP) is 3.56. The number of carbonyl (C=O) groups is 1. The van der Waals surface area contributed by atoms with Gasteiger partial charge in [0.05, 0.1) is 12.1 Å². The second-order valence-electron chi connectivity index (χ2n) is 6.05. The van der Waals surface area contributed by atoms with Crippen LogP contribution in [-0.4, -0.2) is 20.5 Å². The molecular formula is C18H17F3N4O. The Balaban J connectivity index is 1.57. The van der Waals surface area contributed by atoms with Crippen molar-refractivity contribution in [3.05, 3.63) is 65.6 Å². The largest absolute Gasteiger partial charge is 0.416 e. The van der Waals surface area contributed by atoms with Gasteiger partial charge in [0.1, 0.15) is 0 Å². The summed E-state index contributed by atoms with van der Waals surface area (Å²) in [6, 6.07) is 10.4. The van der Waals surface area contributed by atoms with E-state index in [-0.39, 0.29) is 24.8 Å². The molecular weight excluding hydrogens is 345 g/mol. The van der Waals surface area contributed by atoms with E-state index in [2.05, 4.69) is 15.5 Å². The Morgan fingerprint density at radius 3 is 2.58 bits per heavy atom. The lowest BCUT2D eigenvalue weighted by Gasteiger charge is -2.13. The van der Waals surface area contributed by atoms with Crippen molar-refractivity contribution in [1.29, 1.82) is 0 Å². The Kier molecular flexibility index (Phi) is 4.92. The minimum atomic E-state index is -4.36. The van der Waals surface area contributed by atoms with E-state index in [1.54, 1.807) is 11.3 Å². The SMILES string of the molecule is CC(CC(=O)NCc1nnc2ccccn12)c1ccc(C(F)(F)F)cc1. The van der Waals surface area contributed by atoms with Gasteiger partial charge in [-0.25, -0.2) is 0 Å². The summed E-state index contributed by atoms with van der Waals surface area (Å²) in [6.45, 7) is 2.03. The predicted molar refractivity (Wildman–Crippen MR) is 89.3 cm³/mol. The molecule has 1 atom stereocenters. The fraction of sp³-hybridized carbons (Fsp3) is 0.278. The number of alkyl halides is 3. The topological polar surface area (TPSA) is 59.3 Å². The number of fused-ring (bicyclic) bond motifs is 1. The average molecular weight is 362 g/mol. The van der Waals surface area contributed by atoms with E-state index in [0.29, 0.717) is 17.0 Å². The van der Waals surface area contributed by atoms with E-state index in [0.717, 1.165) is 12.1 Å². The number of nitrogens with zero attached hydrogens (tertiary/aromatic N) is 3. The molecule has 136 valence electrons. The summed E-state index contributed by atoms with van der Waals surface area (Å²) in [4.78, 5) is 12.1. The van der Waals surface area contributed by atoms with Crippen LogP contribution in [0.25, 0.3) is 5.65 Å². The summed E-state index contributed by atoms with van der Waals surface area (Å²) < 4.78 is 39.6. The van der Waals surface area contributed by atoms with Crippen LogP contribution < -0.4 is 5.32 Å². The van der Waals surface area contributed by atoms with Gasteiger partial charge in [0.15, 0.2) is 11.5 Å². The van der Waals surface area contributed by atoms with Gasteiger partial charge in [-0.1, -0.05) is 25.1 Å². The maximum Gasteiger partial charge on any atom is 0.416 e. The van der Waals surface area contributed by atoms with E-state index in [1.807, 2.05) is 24.4 Å². The second kappa shape index (κ2) is 7.15. The number of halogens is 3. The van der Waals surface area contributed by atoms with Crippen molar-refractivity contribution >= 4 is 11.6 Å². The lowest BCUT2D eigenvalue weighted by Crippen LogP contribution is -2.25. The molecule has 0 aliphatic carbocycles. The number of aromatic nitrogens is 3. The molecule has 26 heavy (non-hydrogen) atoms. The zero-order valence-electron chi connectivity index (χ0n) is 14.0. The molecule has 0 bridgehead atoms. The van der Waals surface area contributed by atoms with Gasteiger partial charge < -0.3 is 5.32 Å². The number of benzene rings is 1. The van der Waals surface area contributed by atoms with Crippen molar-refractivity contribution in [1.82, 2.24) is 19.9 Å². The zero-order chi connectivity index (χ0) is 18.7. The summed E-state index contributed by atoms with van der Waals surface area (Å²) in [5.74, 6) is 0.202. The number of hydrogen-bond donors (Lipinski definition) is 1. The summed E-state index contributed by atoms with van der Waals surface area (Å²) >= 11 is 0. The monoisotopic (exact) mass is 362 g/mol. The molecule has 1 aromatic carbocycles. The molecule has 3 aromatic rings. The van der Waals surface area contributed by atoms with Crippen LogP contribution in [0, 0.1) is 0 Å². The zero-order valence-corrected chi connectivity index (χ0v) is 14.0. The molecule has 0 saturated carbocycles. The first kappa shape index (κ1) is 17.9. The molecule has 2 aromatic heterocycles. The third-order valence-electron chi connectivity index (χ3n) is 4.13. The van der Waals surface area contributed by atoms with Gasteiger partial charge in [-0.2, -0.15) is 13.2 Å². The normalized spacial score (nSPS) is 12.9. The molecule has 0 fully saturated rings. The molecule has 1 N–H and O–H groups in total. The molecule has 0 spiro atoms. The maximum atomic E-state index is 12.6. The molecule has 0 aliphatic rings. The quantitative estimate of drug-likeness (QED) is 0.755. The number of rotatable bonds is 5. The Bertz CT molecular complexity index is 903. The Hall–Kier alpha value is -2.90. The van der Waals surface area contributed by atoms with E-state index < -0.39 is 11.7 Å². The minimum absolute atomic E-state index is 0.169. The van der Waals surface area contributed by atoms with Crippen LogP contribution in [0.5, 0.6) is 0 Å². The lowest BCUT2D eigenvalue weighted by molar-refractivity contribution is -0.137. The highest BCUT2D eigenvalue weighted by Gasteiger charge is 2.30. The number of pyridine rings is 1. The second-order valence-corrected chi connectivity index (χ2v) is 6.05. The highest BCUT2D eigenvalue weighted by atomic mass is 19.4. The van der Waals surface area contributed by atoms with Crippen LogP contribution in [0.1, 0.15) is 36.2 Å². The van der Waals surface area contributed by atoms with Crippen molar-refractivity contribution in [2.45, 2.75) is 32.0 Å². The molecule has 2 heterocycles. The van der Waals surface area contributed by atoms with Crippen LogP contribution in [0.2, 0.25) is 0 Å². The Labute approximate surface area is 147 Å². The molecule has 0 radical (unpaired) electrons. The Morgan fingerprint density at radius 1 is 1.15 bits per heavy atom. The highest BCUT2D eigenvalue weighted by Crippen LogP contribution is 2.30. The molecule has 1 amide bonds. The highest BCUT2D eigenvalue weighted by molar-refractivity contribution is 5.76. The minimum Gasteiger partial charge on any atom is -0.349 e. The standard InChI is InChI=1S/C18H17F3N4O/c1-12(13-5-7-14(8-6-13)18(19,20)21)10-17(26)22-11-16-24-23-15-4-2-3-9-25(15)16/h2-9,12H,10-11H2,1H3,(H,22,26). The number of carbonyl (C=O) groups excluding carboxylic acids is 1. The molecule has 3 rings (SSSR count). The van der Waals surface area contributed by atoms with Crippen molar-refractivity contribution in [2.24, 2.45) is 0 Å². The fourth-order valence-corrected chi connectivity index (χ4v) is 2.66. The van der Waals surface area contributed by atoms with Crippen molar-refractivity contribution < 1.29 is 18.0 Å². The lowest BCUT2D eigenvalue weighted by atomic mass is 9.96. The van der Waals surface area contributed by atoms with Crippen molar-refractivity contribution in [2.75, 3.05) is 0 Å². The number of nitrogens with one attached hydrogen (secondary N) is 1. The third-order valence-corrected chi connectivity index (χ3v) is 4.13. The summed E-state index contributed by atoms with van der Waals surface area (Å²) in [5.41, 5.74) is 0.674. The van der Waals surface area contributed by atoms with Crippen molar-refractivity contribution in [3.63, 3.8) is 0 Å². The number of hydrogen-bond acceptors (Lipinski definition) is 3. The third kappa shape index (κ3) is 4.01. The van der Waals surface area contributed by atoms with Crippen LogP contribution >= 0.6 is 0 Å². The van der Waals surface area contributed by atoms with Crippen LogP contribution in [-0.2, 0) is 17.5 Å². The van der Waals surface area contributed by atoms with Crippen LogP contribution in [0.3, 0.4) is 0 Å². The smallest absolute Gasteiger partial charge is 0.349 e. The van der Waals surface area contributed by atoms with E-state index >= 15 is 0 Å². The first-order valence-electron chi connectivity index (χ1n) is 8.07. The van der Waals surface area contributed by atoms with E-state index in [9.17, 15) is 18.0 Å². The first-order valence-corrected chi connectivity index (χ1v) is 8.07. The molecule has 8 heteroatoms. The fourth-order valence-electron chi connectivity index (χ4n) is 2.66. The van der Waals surface area contributed by atoms with Gasteiger partial charge in [0, 0.05) is 12.6 Å². The summed E-state index contributed by atoms with van der Waals surface area (Å²) in [7, 11) is 0. The molecule has 1 unspecified atom stereocenters. The van der Waals surface area contributed by atoms with Crippen molar-refractivity contribution in [3.8, 4) is 0 Å². The van der Waals surface area contributed by atoms with Gasteiger partial charge in [-0.15, -0.1) is 10.2 Å². The number of amides is 1. The maximum absolute atomic E-state index is 12.6. The van der Waals surface area contributed by atoms with Gasteiger partial charge in [-0.3, -0.25) is 9.20 Å². The first-order chi connectivity index (χ1) is 12.3. The van der Waals surface area contributed by atoms with E-state index in [1.165, 1.54) is 12.1 Å². The van der Waals surface area contributed by atoms with Gasteiger partial charge in [0.2, 0.25) is 5.91 Å². The molecule has 0 saturated heterocycles. The molecule has 5 nitrogen and oxygen atoms in total. The Morgan fingerprint density at radius 2 is 1.88 bits per heavy atom. The molecule has 0 aliphatic heterocycles. The van der Waals surface area contributed by atoms with Crippen LogP contribution in [0.15, 0.2) is 48.7 Å². The van der Waals surface area contributed by atoms with Gasteiger partial charge in [0.25, 0.3) is 0 Å². The summed E-state index contributed by atoms with van der Waals surface area (Å²) in [5, 5.41) is 10.8. The average Bonchev–Trinajstić information content (AvgIpc) is 3.02. The van der Waals surface area contributed by atoms with E-state index in [4.69, 9.17) is 0 Å².